The van der Waals surface area contributed by atoms with Crippen molar-refractivity contribution in [3.05, 3.63) is 99.4 Å². The van der Waals surface area contributed by atoms with Gasteiger partial charge in [-0.15, -0.1) is 11.3 Å². The number of ether oxygens (including phenoxy) is 3. The van der Waals surface area contributed by atoms with Crippen LogP contribution in [0.15, 0.2) is 66.2 Å². The Labute approximate surface area is 368 Å². The van der Waals surface area contributed by atoms with Crippen LogP contribution >= 0.6 is 22.9 Å². The fourth-order valence-electron chi connectivity index (χ4n) is 7.87. The molecular weight excluding hydrogens is 837 g/mol. The number of anilines is 2. The second-order valence-electron chi connectivity index (χ2n) is 15.4. The molecule has 4 N–H and O–H groups in total. The average Bonchev–Trinajstić information content (AvgIpc) is 3.90. The fourth-order valence-corrected chi connectivity index (χ4v) is 8.57. The van der Waals surface area contributed by atoms with E-state index in [0.29, 0.717) is 109 Å². The average molecular weight is 886 g/mol. The molecule has 2 fully saturated rings. The number of nitrogens with one attached hydrogen (secondary N) is 4. The van der Waals surface area contributed by atoms with Crippen LogP contribution in [-0.4, -0.2) is 96.7 Å². The molecule has 4 amide bonds. The summed E-state index contributed by atoms with van der Waals surface area (Å²) in [6.07, 6.45) is 5.22. The van der Waals surface area contributed by atoms with Crippen molar-refractivity contribution < 1.29 is 37.8 Å². The topological polar surface area (TPSA) is 173 Å². The zero-order valence-corrected chi connectivity index (χ0v) is 35.8. The van der Waals surface area contributed by atoms with Gasteiger partial charge in [-0.05, 0) is 80.1 Å². The van der Waals surface area contributed by atoms with Crippen LogP contribution < -0.4 is 26.0 Å². The Morgan fingerprint density at radius 2 is 1.81 bits per heavy atom. The molecule has 17 heteroatoms. The predicted molar refractivity (Wildman–Crippen MR) is 232 cm³/mol. The molecular formula is C45H49ClFN7O7S. The minimum absolute atomic E-state index is 0.00384. The number of carbonyl (C=O) groups excluding carboxylic acids is 4. The van der Waals surface area contributed by atoms with Crippen LogP contribution in [0, 0.1) is 23.1 Å². The van der Waals surface area contributed by atoms with Crippen LogP contribution in [-0.2, 0) is 36.8 Å². The van der Waals surface area contributed by atoms with E-state index in [4.69, 9.17) is 30.8 Å². The van der Waals surface area contributed by atoms with Gasteiger partial charge < -0.3 is 35.1 Å². The Hall–Kier alpha value is -5.44. The fraction of sp³-hybridized carbons (Fsp3) is 0.422. The van der Waals surface area contributed by atoms with Gasteiger partial charge in [0.25, 0.3) is 5.91 Å². The van der Waals surface area contributed by atoms with Crippen LogP contribution in [0.25, 0.3) is 0 Å². The van der Waals surface area contributed by atoms with E-state index in [0.717, 1.165) is 22.0 Å². The van der Waals surface area contributed by atoms with Gasteiger partial charge in [0.15, 0.2) is 16.7 Å². The summed E-state index contributed by atoms with van der Waals surface area (Å²) in [5, 5.41) is 14.6. The van der Waals surface area contributed by atoms with Gasteiger partial charge in [0.2, 0.25) is 17.7 Å². The van der Waals surface area contributed by atoms with Gasteiger partial charge >= 0.3 is 0 Å². The lowest BCUT2D eigenvalue weighted by atomic mass is 9.69. The number of hydrogen-bond acceptors (Lipinski definition) is 12. The van der Waals surface area contributed by atoms with E-state index in [1.807, 2.05) is 35.7 Å². The van der Waals surface area contributed by atoms with Crippen molar-refractivity contribution in [2.45, 2.75) is 70.1 Å². The predicted octanol–water partition coefficient (Wildman–Crippen LogP) is 5.57. The summed E-state index contributed by atoms with van der Waals surface area (Å²) < 4.78 is 32.1. The molecule has 1 unspecified atom stereocenters. The SMILES string of the molecule is O=C1CCC(N2Cc3cc(C#CCCNCCOCCOCCNC(=O)C4(Cc5cccc(Nc6nccs6)n5)CCC(Oc5cccc(Cl)c5F)CC4)ccc3C2=O)C(=O)N1. The highest BCUT2D eigenvalue weighted by molar-refractivity contribution is 7.13. The third-order valence-corrected chi connectivity index (χ3v) is 12.1. The number of imide groups is 1. The zero-order valence-electron chi connectivity index (χ0n) is 34.2. The molecule has 7 rings (SSSR count). The van der Waals surface area contributed by atoms with E-state index in [1.165, 1.54) is 22.3 Å². The molecule has 1 atom stereocenters. The number of pyridine rings is 1. The number of benzene rings is 2. The molecule has 2 aliphatic heterocycles. The lowest BCUT2D eigenvalue weighted by Crippen LogP contribution is -2.52. The van der Waals surface area contributed by atoms with E-state index < -0.39 is 23.2 Å². The number of aromatic nitrogens is 2. The lowest BCUT2D eigenvalue weighted by molar-refractivity contribution is -0.137. The van der Waals surface area contributed by atoms with Gasteiger partial charge in [0.1, 0.15) is 11.9 Å². The highest BCUT2D eigenvalue weighted by Gasteiger charge is 2.43. The minimum Gasteiger partial charge on any atom is -0.487 e. The maximum absolute atomic E-state index is 14.6. The molecule has 14 nitrogen and oxygen atoms in total. The molecule has 4 aromatic rings. The Morgan fingerprint density at radius 1 is 1.00 bits per heavy atom. The van der Waals surface area contributed by atoms with Gasteiger partial charge in [-0.1, -0.05) is 35.6 Å². The van der Waals surface area contributed by atoms with Crippen molar-refractivity contribution in [1.29, 1.82) is 0 Å². The third-order valence-electron chi connectivity index (χ3n) is 11.1. The first-order valence-corrected chi connectivity index (χ1v) is 22.1. The van der Waals surface area contributed by atoms with Gasteiger partial charge in [0, 0.05) is 73.8 Å². The molecule has 3 aliphatic rings. The van der Waals surface area contributed by atoms with Gasteiger partial charge in [-0.2, -0.15) is 0 Å². The molecule has 2 aromatic heterocycles. The summed E-state index contributed by atoms with van der Waals surface area (Å²) in [5.74, 6) is 5.46. The zero-order chi connectivity index (χ0) is 43.3. The number of nitrogens with zero attached hydrogens (tertiary/aromatic N) is 3. The highest BCUT2D eigenvalue weighted by atomic mass is 35.5. The number of piperidine rings is 1. The monoisotopic (exact) mass is 885 g/mol. The van der Waals surface area contributed by atoms with Crippen molar-refractivity contribution in [3.8, 4) is 17.6 Å². The quantitative estimate of drug-likeness (QED) is 0.0528. The normalized spacial score (nSPS) is 19.6. The van der Waals surface area contributed by atoms with Crippen molar-refractivity contribution in [3.63, 3.8) is 0 Å². The number of amides is 4. The number of carbonyl (C=O) groups is 4. The van der Waals surface area contributed by atoms with Crippen LogP contribution in [0.4, 0.5) is 15.3 Å². The van der Waals surface area contributed by atoms with E-state index >= 15 is 0 Å². The van der Waals surface area contributed by atoms with E-state index in [-0.39, 0.29) is 41.0 Å². The van der Waals surface area contributed by atoms with E-state index in [9.17, 15) is 23.6 Å². The van der Waals surface area contributed by atoms with Crippen LogP contribution in [0.5, 0.6) is 5.75 Å². The lowest BCUT2D eigenvalue weighted by Gasteiger charge is -2.39. The third kappa shape index (κ3) is 11.7. The largest absolute Gasteiger partial charge is 0.487 e. The van der Waals surface area contributed by atoms with Crippen molar-refractivity contribution in [2.24, 2.45) is 5.41 Å². The Kier molecular flexibility index (Phi) is 15.5. The molecule has 62 heavy (non-hydrogen) atoms. The standard InChI is InChI=1S/C45H49ClFN7O7S/c46-35-7-4-8-37(40(35)47)61-33-14-16-45(17-15-33,28-32-6-3-9-38(51-32)52-44-50-21-26-62-44)43(58)49-20-23-60-25-24-59-22-19-48-18-2-1-5-30-10-11-34-31(27-30)29-54(42(34)57)36-12-13-39(55)53-41(36)56/h3-4,6-11,21,26-27,33,36,48H,2,12-20,22-25,28-29H2,(H,49,58)(H,50,51,52)(H,53,55,56). The maximum Gasteiger partial charge on any atom is 0.255 e. The van der Waals surface area contributed by atoms with Crippen LogP contribution in [0.1, 0.15) is 72.1 Å². The summed E-state index contributed by atoms with van der Waals surface area (Å²) in [6.45, 7) is 3.60. The van der Waals surface area contributed by atoms with Crippen molar-refractivity contribution in [2.75, 3.05) is 51.4 Å². The number of halogens is 2. The molecule has 326 valence electrons. The number of rotatable bonds is 19. The van der Waals surface area contributed by atoms with E-state index in [1.54, 1.807) is 24.4 Å². The van der Waals surface area contributed by atoms with Gasteiger partial charge in [-0.3, -0.25) is 24.5 Å². The molecule has 4 heterocycles. The molecule has 1 aliphatic carbocycles. The molecule has 1 saturated heterocycles. The van der Waals surface area contributed by atoms with Crippen LogP contribution in [0.3, 0.4) is 0 Å². The first-order chi connectivity index (χ1) is 30.2. The summed E-state index contributed by atoms with van der Waals surface area (Å²) in [5.41, 5.74) is 2.22. The minimum atomic E-state index is -0.742. The van der Waals surface area contributed by atoms with Gasteiger partial charge in [0.05, 0.1) is 43.0 Å². The Balaban J connectivity index is 0.785. The first kappa shape index (κ1) is 44.6. The summed E-state index contributed by atoms with van der Waals surface area (Å²) in [4.78, 5) is 61.3. The summed E-state index contributed by atoms with van der Waals surface area (Å²) >= 11 is 7.45. The molecule has 2 aromatic carbocycles. The number of hydrogen-bond donors (Lipinski definition) is 4. The molecule has 0 radical (unpaired) electrons. The van der Waals surface area contributed by atoms with Crippen LogP contribution in [0.2, 0.25) is 5.02 Å². The Bertz CT molecular complexity index is 2280. The number of thiazole rings is 1. The van der Waals surface area contributed by atoms with Gasteiger partial charge in [-0.25, -0.2) is 14.4 Å². The molecule has 0 bridgehead atoms. The van der Waals surface area contributed by atoms with Crippen molar-refractivity contribution >= 4 is 57.5 Å². The van der Waals surface area contributed by atoms with Crippen molar-refractivity contribution in [1.82, 2.24) is 30.8 Å². The number of fused-ring (bicyclic) bond motifs is 1. The summed E-state index contributed by atoms with van der Waals surface area (Å²) in [6, 6.07) is 15.2. The highest BCUT2D eigenvalue weighted by Crippen LogP contribution is 2.41. The second-order valence-corrected chi connectivity index (χ2v) is 16.7. The second kappa shape index (κ2) is 21.6. The Morgan fingerprint density at radius 3 is 2.60 bits per heavy atom. The molecule has 1 saturated carbocycles. The smallest absolute Gasteiger partial charge is 0.255 e. The van der Waals surface area contributed by atoms with E-state index in [2.05, 4.69) is 38.1 Å². The summed E-state index contributed by atoms with van der Waals surface area (Å²) in [7, 11) is 0. The first-order valence-electron chi connectivity index (χ1n) is 20.8. The maximum atomic E-state index is 14.6. The molecule has 0 spiro atoms.